The van der Waals surface area contributed by atoms with Crippen LogP contribution < -0.4 is 0 Å². The second-order valence-electron chi connectivity index (χ2n) is 7.24. The lowest BCUT2D eigenvalue weighted by molar-refractivity contribution is -0.141. The number of amides is 1. The van der Waals surface area contributed by atoms with E-state index in [1.165, 1.54) is 0 Å². The van der Waals surface area contributed by atoms with Gasteiger partial charge in [-0.15, -0.1) is 0 Å². The molecule has 1 amide bonds. The number of pyridine rings is 1. The molecule has 0 bridgehead atoms. The number of benzene rings is 1. The van der Waals surface area contributed by atoms with Gasteiger partial charge in [-0.3, -0.25) is 9.78 Å². The van der Waals surface area contributed by atoms with Gasteiger partial charge in [-0.1, -0.05) is 43.2 Å². The fourth-order valence-corrected chi connectivity index (χ4v) is 4.47. The van der Waals surface area contributed by atoms with Crippen molar-refractivity contribution in [2.45, 2.75) is 44.2 Å². The first-order valence-electron chi connectivity index (χ1n) is 9.21. The number of carbonyl (C=O) groups is 2. The highest BCUT2D eigenvalue weighted by Crippen LogP contribution is 2.40. The van der Waals surface area contributed by atoms with Crippen LogP contribution in [0.4, 0.5) is 0 Å². The Morgan fingerprint density at radius 2 is 1.81 bits per heavy atom. The van der Waals surface area contributed by atoms with E-state index in [1.54, 1.807) is 17.3 Å². The SMILES string of the molecule is O=C(O)C1CC2CCCCC2N1C(=O)c1cncc(-c2ccccc2)c1. The molecule has 0 spiro atoms. The predicted molar refractivity (Wildman–Crippen MR) is 97.6 cm³/mol. The van der Waals surface area contributed by atoms with Gasteiger partial charge in [0, 0.05) is 24.0 Å². The van der Waals surface area contributed by atoms with Gasteiger partial charge in [0.25, 0.3) is 5.91 Å². The molecular formula is C21H22N2O3. The Hall–Kier alpha value is -2.69. The van der Waals surface area contributed by atoms with Crippen molar-refractivity contribution >= 4 is 11.9 Å². The van der Waals surface area contributed by atoms with E-state index in [4.69, 9.17) is 0 Å². The van der Waals surface area contributed by atoms with Crippen molar-refractivity contribution in [1.82, 2.24) is 9.88 Å². The molecule has 2 aromatic rings. The Morgan fingerprint density at radius 1 is 1.04 bits per heavy atom. The molecule has 134 valence electrons. The van der Waals surface area contributed by atoms with Crippen molar-refractivity contribution in [1.29, 1.82) is 0 Å². The maximum absolute atomic E-state index is 13.2. The van der Waals surface area contributed by atoms with Crippen LogP contribution >= 0.6 is 0 Å². The molecule has 2 heterocycles. The maximum Gasteiger partial charge on any atom is 0.326 e. The topological polar surface area (TPSA) is 70.5 Å². The van der Waals surface area contributed by atoms with E-state index in [2.05, 4.69) is 4.98 Å². The summed E-state index contributed by atoms with van der Waals surface area (Å²) in [5.41, 5.74) is 2.31. The number of fused-ring (bicyclic) bond motifs is 1. The minimum absolute atomic E-state index is 0.0396. The summed E-state index contributed by atoms with van der Waals surface area (Å²) in [6, 6.07) is 10.9. The molecule has 1 saturated carbocycles. The number of hydrogen-bond donors (Lipinski definition) is 1. The molecule has 4 rings (SSSR count). The second-order valence-corrected chi connectivity index (χ2v) is 7.24. The number of carbonyl (C=O) groups excluding carboxylic acids is 1. The highest BCUT2D eigenvalue weighted by Gasteiger charge is 2.47. The Labute approximate surface area is 152 Å². The van der Waals surface area contributed by atoms with Crippen LogP contribution in [0.5, 0.6) is 0 Å². The number of carboxylic acids is 1. The molecule has 1 N–H and O–H groups in total. The molecule has 5 heteroatoms. The lowest BCUT2D eigenvalue weighted by Gasteiger charge is -2.33. The molecule has 0 radical (unpaired) electrons. The van der Waals surface area contributed by atoms with E-state index in [1.807, 2.05) is 36.4 Å². The summed E-state index contributed by atoms with van der Waals surface area (Å²) < 4.78 is 0. The lowest BCUT2D eigenvalue weighted by atomic mass is 9.84. The molecule has 2 aliphatic rings. The summed E-state index contributed by atoms with van der Waals surface area (Å²) in [7, 11) is 0. The Balaban J connectivity index is 1.67. The molecule has 5 nitrogen and oxygen atoms in total. The van der Waals surface area contributed by atoms with Gasteiger partial charge in [0.2, 0.25) is 0 Å². The molecule has 26 heavy (non-hydrogen) atoms. The van der Waals surface area contributed by atoms with Crippen molar-refractivity contribution in [3.63, 3.8) is 0 Å². The number of aliphatic carboxylic acids is 1. The lowest BCUT2D eigenvalue weighted by Crippen LogP contribution is -2.46. The molecule has 1 aliphatic carbocycles. The number of carboxylic acid groups (broad SMARTS) is 1. The minimum atomic E-state index is -0.903. The monoisotopic (exact) mass is 350 g/mol. The predicted octanol–water partition coefficient (Wildman–Crippen LogP) is 3.61. The minimum Gasteiger partial charge on any atom is -0.480 e. The van der Waals surface area contributed by atoms with E-state index in [0.29, 0.717) is 17.9 Å². The molecule has 1 aromatic carbocycles. The number of likely N-dealkylation sites (tertiary alicyclic amines) is 1. The van der Waals surface area contributed by atoms with E-state index in [0.717, 1.165) is 36.8 Å². The summed E-state index contributed by atoms with van der Waals surface area (Å²) >= 11 is 0. The molecular weight excluding hydrogens is 328 g/mol. The van der Waals surface area contributed by atoms with Crippen molar-refractivity contribution < 1.29 is 14.7 Å². The van der Waals surface area contributed by atoms with Crippen molar-refractivity contribution in [3.8, 4) is 11.1 Å². The first-order chi connectivity index (χ1) is 12.6. The summed E-state index contributed by atoms with van der Waals surface area (Å²) in [5, 5.41) is 9.65. The van der Waals surface area contributed by atoms with Gasteiger partial charge in [0.15, 0.2) is 0 Å². The van der Waals surface area contributed by atoms with Crippen LogP contribution in [0, 0.1) is 5.92 Å². The van der Waals surface area contributed by atoms with E-state index >= 15 is 0 Å². The summed E-state index contributed by atoms with van der Waals surface area (Å²) in [6.07, 6.45) is 7.93. The molecule has 1 aromatic heterocycles. The zero-order valence-electron chi connectivity index (χ0n) is 14.5. The van der Waals surface area contributed by atoms with Crippen molar-refractivity contribution in [2.75, 3.05) is 0 Å². The standard InChI is InChI=1S/C21H22N2O3/c24-20(17-10-16(12-22-13-17)14-6-2-1-3-7-14)23-18-9-5-4-8-15(18)11-19(23)21(25)26/h1-3,6-7,10,12-13,15,18-19H,4-5,8-9,11H2,(H,25,26). The van der Waals surface area contributed by atoms with Crippen molar-refractivity contribution in [2.24, 2.45) is 5.92 Å². The zero-order chi connectivity index (χ0) is 18.1. The van der Waals surface area contributed by atoms with Gasteiger partial charge in [0.1, 0.15) is 6.04 Å². The number of aromatic nitrogens is 1. The third kappa shape index (κ3) is 2.98. The highest BCUT2D eigenvalue weighted by atomic mass is 16.4. The first-order valence-corrected chi connectivity index (χ1v) is 9.21. The van der Waals surface area contributed by atoms with Gasteiger partial charge >= 0.3 is 5.97 Å². The van der Waals surface area contributed by atoms with Crippen molar-refractivity contribution in [3.05, 3.63) is 54.4 Å². The fraction of sp³-hybridized carbons (Fsp3) is 0.381. The van der Waals surface area contributed by atoms with Crippen LogP contribution in [0.1, 0.15) is 42.5 Å². The second kappa shape index (κ2) is 6.90. The zero-order valence-corrected chi connectivity index (χ0v) is 14.5. The van der Waals surface area contributed by atoms with Crippen LogP contribution in [0.3, 0.4) is 0 Å². The number of hydrogen-bond acceptors (Lipinski definition) is 3. The third-order valence-electron chi connectivity index (χ3n) is 5.70. The van der Waals surface area contributed by atoms with Gasteiger partial charge in [-0.25, -0.2) is 4.79 Å². The maximum atomic E-state index is 13.2. The van der Waals surface area contributed by atoms with Crippen LogP contribution in [-0.4, -0.2) is 39.0 Å². The quantitative estimate of drug-likeness (QED) is 0.918. The number of rotatable bonds is 3. The summed E-state index contributed by atoms with van der Waals surface area (Å²) in [4.78, 5) is 30.8. The van der Waals surface area contributed by atoms with Gasteiger partial charge in [-0.05, 0) is 36.8 Å². The van der Waals surface area contributed by atoms with E-state index in [-0.39, 0.29) is 11.9 Å². The molecule has 1 saturated heterocycles. The summed E-state index contributed by atoms with van der Waals surface area (Å²) in [6.45, 7) is 0. The van der Waals surface area contributed by atoms with Crippen LogP contribution in [0.25, 0.3) is 11.1 Å². The van der Waals surface area contributed by atoms with Gasteiger partial charge < -0.3 is 10.0 Å². The molecule has 2 fully saturated rings. The van der Waals surface area contributed by atoms with Crippen LogP contribution in [-0.2, 0) is 4.79 Å². The Bertz CT molecular complexity index is 821. The van der Waals surface area contributed by atoms with Crippen LogP contribution in [0.15, 0.2) is 48.8 Å². The van der Waals surface area contributed by atoms with E-state index < -0.39 is 12.0 Å². The largest absolute Gasteiger partial charge is 0.480 e. The van der Waals surface area contributed by atoms with Gasteiger partial charge in [0.05, 0.1) is 5.56 Å². The molecule has 3 unspecified atom stereocenters. The molecule has 1 aliphatic heterocycles. The number of nitrogens with zero attached hydrogens (tertiary/aromatic N) is 2. The Kier molecular flexibility index (Phi) is 4.45. The average molecular weight is 350 g/mol. The summed E-state index contributed by atoms with van der Waals surface area (Å²) in [5.74, 6) is -0.809. The first kappa shape index (κ1) is 16.8. The fourth-order valence-electron chi connectivity index (χ4n) is 4.47. The van der Waals surface area contributed by atoms with Gasteiger partial charge in [-0.2, -0.15) is 0 Å². The third-order valence-corrected chi connectivity index (χ3v) is 5.70. The Morgan fingerprint density at radius 3 is 2.58 bits per heavy atom. The average Bonchev–Trinajstić information content (AvgIpc) is 3.08. The highest BCUT2D eigenvalue weighted by molar-refractivity contribution is 5.98. The van der Waals surface area contributed by atoms with Crippen LogP contribution in [0.2, 0.25) is 0 Å². The smallest absolute Gasteiger partial charge is 0.326 e. The normalized spacial score (nSPS) is 24.9. The molecule has 3 atom stereocenters. The van der Waals surface area contributed by atoms with E-state index in [9.17, 15) is 14.7 Å².